The molecule has 2 N–H and O–H groups in total. The minimum atomic E-state index is -3.79. The Morgan fingerprint density at radius 3 is 2.41 bits per heavy atom. The van der Waals surface area contributed by atoms with E-state index < -0.39 is 10.0 Å². The van der Waals surface area contributed by atoms with Gasteiger partial charge in [0.15, 0.2) is 0 Å². The predicted octanol–water partition coefficient (Wildman–Crippen LogP) is 2.82. The molecule has 1 amide bonds. The van der Waals surface area contributed by atoms with Gasteiger partial charge in [-0.25, -0.2) is 8.42 Å². The molecule has 0 spiro atoms. The van der Waals surface area contributed by atoms with Gasteiger partial charge in [0.1, 0.15) is 0 Å². The molecular formula is C21H26ClN3O3S. The number of sulfonamides is 1. The third-order valence-corrected chi connectivity index (χ3v) is 7.22. The number of likely N-dealkylation sites (tertiary alicyclic amines) is 1. The van der Waals surface area contributed by atoms with Gasteiger partial charge in [0.2, 0.25) is 0 Å². The molecule has 2 aliphatic heterocycles. The summed E-state index contributed by atoms with van der Waals surface area (Å²) < 4.78 is 28.6. The highest BCUT2D eigenvalue weighted by atomic mass is 35.5. The molecule has 2 aliphatic rings. The Bertz CT molecular complexity index is 1010. The number of aryl methyl sites for hydroxylation is 2. The number of carbonyl (C=O) groups is 1. The number of carbonyl (C=O) groups excluding carboxylic acids is 1. The Morgan fingerprint density at radius 2 is 1.72 bits per heavy atom. The number of amides is 1. The Balaban J connectivity index is 0.00000240. The van der Waals surface area contributed by atoms with Crippen LogP contribution in [0.3, 0.4) is 0 Å². The van der Waals surface area contributed by atoms with Crippen LogP contribution in [0.25, 0.3) is 0 Å². The highest BCUT2D eigenvalue weighted by Gasteiger charge is 2.38. The Labute approximate surface area is 178 Å². The van der Waals surface area contributed by atoms with Crippen molar-refractivity contribution in [3.63, 3.8) is 0 Å². The van der Waals surface area contributed by atoms with Crippen molar-refractivity contribution in [2.24, 2.45) is 11.8 Å². The van der Waals surface area contributed by atoms with E-state index in [1.165, 1.54) is 0 Å². The molecule has 0 unspecified atom stereocenters. The maximum Gasteiger partial charge on any atom is 0.262 e. The van der Waals surface area contributed by atoms with Crippen molar-refractivity contribution in [3.05, 3.63) is 59.2 Å². The summed E-state index contributed by atoms with van der Waals surface area (Å²) in [5.74, 6) is 0.860. The maximum atomic E-state index is 13.1. The van der Waals surface area contributed by atoms with E-state index in [4.69, 9.17) is 0 Å². The molecule has 6 nitrogen and oxygen atoms in total. The molecule has 29 heavy (non-hydrogen) atoms. The number of nitrogens with zero attached hydrogens (tertiary/aromatic N) is 1. The number of fused-ring (bicyclic) bond motifs is 1. The van der Waals surface area contributed by atoms with Crippen LogP contribution < -0.4 is 10.0 Å². The van der Waals surface area contributed by atoms with Crippen LogP contribution in [0.5, 0.6) is 0 Å². The number of hydrogen-bond acceptors (Lipinski definition) is 4. The zero-order valence-corrected chi connectivity index (χ0v) is 18.1. The lowest BCUT2D eigenvalue weighted by molar-refractivity contribution is 0.0782. The van der Waals surface area contributed by atoms with Gasteiger partial charge in [-0.05, 0) is 55.0 Å². The quantitative estimate of drug-likeness (QED) is 0.774. The van der Waals surface area contributed by atoms with Crippen LogP contribution in [0.2, 0.25) is 0 Å². The molecule has 2 saturated heterocycles. The van der Waals surface area contributed by atoms with E-state index in [0.717, 1.165) is 18.7 Å². The maximum absolute atomic E-state index is 13.1. The summed E-state index contributed by atoms with van der Waals surface area (Å²) in [5, 5.41) is 3.36. The Hall–Kier alpha value is -2.09. The summed E-state index contributed by atoms with van der Waals surface area (Å²) >= 11 is 0. The zero-order chi connectivity index (χ0) is 19.9. The van der Waals surface area contributed by atoms with Crippen LogP contribution in [-0.4, -0.2) is 45.4 Å². The monoisotopic (exact) mass is 435 g/mol. The molecule has 4 rings (SSSR count). The van der Waals surface area contributed by atoms with Crippen molar-refractivity contribution in [2.75, 3.05) is 30.9 Å². The topological polar surface area (TPSA) is 78.5 Å². The molecule has 0 aromatic heterocycles. The average molecular weight is 436 g/mol. The first kappa shape index (κ1) is 21.6. The first-order valence-electron chi connectivity index (χ1n) is 9.54. The van der Waals surface area contributed by atoms with Gasteiger partial charge >= 0.3 is 0 Å². The molecule has 2 aromatic rings. The number of para-hydroxylation sites is 1. The van der Waals surface area contributed by atoms with Crippen LogP contribution in [-0.2, 0) is 10.0 Å². The SMILES string of the molecule is Cc1ccc(C)c(S(=O)(=O)Nc2ccccc2C(=O)N2C[C@H]3CNC[C@H]3C2)c1.Cl. The lowest BCUT2D eigenvalue weighted by Crippen LogP contribution is -2.32. The lowest BCUT2D eigenvalue weighted by Gasteiger charge is -2.20. The fourth-order valence-electron chi connectivity index (χ4n) is 4.15. The average Bonchev–Trinajstić information content (AvgIpc) is 3.25. The predicted molar refractivity (Wildman–Crippen MR) is 116 cm³/mol. The van der Waals surface area contributed by atoms with Crippen LogP contribution >= 0.6 is 12.4 Å². The van der Waals surface area contributed by atoms with Gasteiger partial charge in [0.25, 0.3) is 15.9 Å². The number of hydrogen-bond donors (Lipinski definition) is 2. The third-order valence-electron chi connectivity index (χ3n) is 5.71. The summed E-state index contributed by atoms with van der Waals surface area (Å²) in [4.78, 5) is 15.2. The molecule has 2 heterocycles. The highest BCUT2D eigenvalue weighted by molar-refractivity contribution is 7.92. The van der Waals surface area contributed by atoms with Crippen molar-refractivity contribution >= 4 is 34.0 Å². The second-order valence-electron chi connectivity index (χ2n) is 7.81. The zero-order valence-electron chi connectivity index (χ0n) is 16.5. The normalized spacial score (nSPS) is 20.8. The number of halogens is 1. The molecule has 156 valence electrons. The fraction of sp³-hybridized carbons (Fsp3) is 0.381. The second kappa shape index (κ2) is 8.34. The fourth-order valence-corrected chi connectivity index (χ4v) is 5.56. The van der Waals surface area contributed by atoms with Crippen LogP contribution in [0.15, 0.2) is 47.4 Å². The van der Waals surface area contributed by atoms with E-state index in [0.29, 0.717) is 41.7 Å². The minimum absolute atomic E-state index is 0. The van der Waals surface area contributed by atoms with E-state index in [9.17, 15) is 13.2 Å². The lowest BCUT2D eigenvalue weighted by atomic mass is 10.0. The number of rotatable bonds is 4. The first-order valence-corrected chi connectivity index (χ1v) is 11.0. The van der Waals surface area contributed by atoms with E-state index >= 15 is 0 Å². The van der Waals surface area contributed by atoms with Crippen molar-refractivity contribution in [2.45, 2.75) is 18.7 Å². The summed E-state index contributed by atoms with van der Waals surface area (Å²) in [6.45, 7) is 6.94. The van der Waals surface area contributed by atoms with E-state index in [2.05, 4.69) is 10.0 Å². The summed E-state index contributed by atoms with van der Waals surface area (Å²) in [7, 11) is -3.79. The Kier molecular flexibility index (Phi) is 6.22. The van der Waals surface area contributed by atoms with Crippen molar-refractivity contribution in [3.8, 4) is 0 Å². The molecule has 0 radical (unpaired) electrons. The highest BCUT2D eigenvalue weighted by Crippen LogP contribution is 2.30. The largest absolute Gasteiger partial charge is 0.338 e. The minimum Gasteiger partial charge on any atom is -0.338 e. The standard InChI is InChI=1S/C21H25N3O3S.ClH/c1-14-7-8-15(2)20(9-14)28(26,27)23-19-6-4-3-5-18(19)21(25)24-12-16-10-22-11-17(16)13-24;/h3-9,16-17,22-23H,10-13H2,1-2H3;1H/t16-,17+;. The van der Waals surface area contributed by atoms with Crippen molar-refractivity contribution in [1.29, 1.82) is 0 Å². The molecule has 8 heteroatoms. The summed E-state index contributed by atoms with van der Waals surface area (Å²) in [6, 6.07) is 12.2. The number of nitrogens with one attached hydrogen (secondary N) is 2. The number of anilines is 1. The third kappa shape index (κ3) is 4.27. The van der Waals surface area contributed by atoms with Gasteiger partial charge in [0.05, 0.1) is 16.1 Å². The van der Waals surface area contributed by atoms with Crippen molar-refractivity contribution < 1.29 is 13.2 Å². The molecule has 2 fully saturated rings. The smallest absolute Gasteiger partial charge is 0.262 e. The van der Waals surface area contributed by atoms with E-state index in [-0.39, 0.29) is 23.2 Å². The van der Waals surface area contributed by atoms with Gasteiger partial charge < -0.3 is 10.2 Å². The van der Waals surface area contributed by atoms with E-state index in [1.54, 1.807) is 43.3 Å². The van der Waals surface area contributed by atoms with Crippen LogP contribution in [0, 0.1) is 25.7 Å². The Morgan fingerprint density at radius 1 is 1.07 bits per heavy atom. The van der Waals surface area contributed by atoms with Gasteiger partial charge in [-0.3, -0.25) is 9.52 Å². The van der Waals surface area contributed by atoms with Gasteiger partial charge in [-0.1, -0.05) is 24.3 Å². The van der Waals surface area contributed by atoms with Gasteiger partial charge in [0, 0.05) is 26.2 Å². The van der Waals surface area contributed by atoms with Crippen LogP contribution in [0.1, 0.15) is 21.5 Å². The van der Waals surface area contributed by atoms with Gasteiger partial charge in [-0.15, -0.1) is 12.4 Å². The number of benzene rings is 2. The second-order valence-corrected chi connectivity index (χ2v) is 9.46. The summed E-state index contributed by atoms with van der Waals surface area (Å²) in [5.41, 5.74) is 2.25. The molecule has 2 aromatic carbocycles. The molecule has 2 atom stereocenters. The molecule has 0 saturated carbocycles. The van der Waals surface area contributed by atoms with Gasteiger partial charge in [-0.2, -0.15) is 0 Å². The van der Waals surface area contributed by atoms with E-state index in [1.807, 2.05) is 17.9 Å². The first-order chi connectivity index (χ1) is 13.3. The molecule has 0 bridgehead atoms. The summed E-state index contributed by atoms with van der Waals surface area (Å²) in [6.07, 6.45) is 0. The van der Waals surface area contributed by atoms with Crippen LogP contribution in [0.4, 0.5) is 5.69 Å². The molecular weight excluding hydrogens is 410 g/mol. The molecule has 0 aliphatic carbocycles. The van der Waals surface area contributed by atoms with Crippen molar-refractivity contribution in [1.82, 2.24) is 10.2 Å².